The predicted molar refractivity (Wildman–Crippen MR) is 55.7 cm³/mol. The Morgan fingerprint density at radius 1 is 1.43 bits per heavy atom. The van der Waals surface area contributed by atoms with E-state index >= 15 is 0 Å². The van der Waals surface area contributed by atoms with E-state index in [1.807, 2.05) is 0 Å². The van der Waals surface area contributed by atoms with Gasteiger partial charge in [-0.3, -0.25) is 4.79 Å². The number of H-pyrrole nitrogens is 1. The van der Waals surface area contributed by atoms with Crippen molar-refractivity contribution in [1.82, 2.24) is 10.3 Å². The molecule has 3 heteroatoms. The zero-order valence-electron chi connectivity index (χ0n) is 8.68. The largest absolute Gasteiger partial charge is 0.361 e. The molecule has 1 aliphatic rings. The fourth-order valence-corrected chi connectivity index (χ4v) is 2.06. The molecule has 0 atom stereocenters. The van der Waals surface area contributed by atoms with Crippen molar-refractivity contribution in [2.45, 2.75) is 32.7 Å². The molecule has 0 amide bonds. The van der Waals surface area contributed by atoms with Crippen LogP contribution in [-0.2, 0) is 13.0 Å². The molecule has 0 bridgehead atoms. The molecule has 2 N–H and O–H groups in total. The molecule has 0 fully saturated rings. The number of aromatic nitrogens is 1. The van der Waals surface area contributed by atoms with E-state index in [4.69, 9.17) is 0 Å². The van der Waals surface area contributed by atoms with Crippen molar-refractivity contribution in [1.29, 1.82) is 0 Å². The zero-order valence-corrected chi connectivity index (χ0v) is 8.68. The number of aromatic amines is 1. The van der Waals surface area contributed by atoms with Crippen molar-refractivity contribution in [2.24, 2.45) is 0 Å². The van der Waals surface area contributed by atoms with E-state index < -0.39 is 0 Å². The Morgan fingerprint density at radius 3 is 2.86 bits per heavy atom. The van der Waals surface area contributed by atoms with Crippen molar-refractivity contribution in [3.05, 3.63) is 22.5 Å². The summed E-state index contributed by atoms with van der Waals surface area (Å²) in [4.78, 5) is 14.4. The topological polar surface area (TPSA) is 44.9 Å². The first kappa shape index (κ1) is 9.46. The highest BCUT2D eigenvalue weighted by molar-refractivity contribution is 5.80. The van der Waals surface area contributed by atoms with Crippen molar-refractivity contribution < 1.29 is 4.79 Å². The van der Waals surface area contributed by atoms with Gasteiger partial charge in [-0.25, -0.2) is 0 Å². The smallest absolute Gasteiger partial charge is 0.152 e. The normalized spacial score (nSPS) is 15.6. The molecule has 0 aromatic carbocycles. The molecule has 1 aromatic rings. The third-order valence-electron chi connectivity index (χ3n) is 2.81. The van der Waals surface area contributed by atoms with E-state index in [0.717, 1.165) is 37.1 Å². The molecule has 0 saturated heterocycles. The molecular weight excluding hydrogens is 176 g/mol. The molecular formula is C11H16N2O. The summed E-state index contributed by atoms with van der Waals surface area (Å²) < 4.78 is 0. The Balaban J connectivity index is 2.51. The number of hydrogen-bond acceptors (Lipinski definition) is 2. The average molecular weight is 192 g/mol. The van der Waals surface area contributed by atoms with Crippen LogP contribution in [0.5, 0.6) is 0 Å². The second-order valence-corrected chi connectivity index (χ2v) is 4.11. The first-order valence-electron chi connectivity index (χ1n) is 5.13. The van der Waals surface area contributed by atoms with Crippen LogP contribution in [0, 0.1) is 0 Å². The third kappa shape index (κ3) is 1.38. The Kier molecular flexibility index (Phi) is 2.42. The summed E-state index contributed by atoms with van der Waals surface area (Å²) in [5.41, 5.74) is 4.39. The van der Waals surface area contributed by atoms with Gasteiger partial charge in [0.05, 0.1) is 0 Å². The van der Waals surface area contributed by atoms with E-state index in [1.54, 1.807) is 0 Å². The number of rotatable bonds is 2. The van der Waals surface area contributed by atoms with E-state index in [0.29, 0.717) is 5.92 Å². The van der Waals surface area contributed by atoms with Gasteiger partial charge in [-0.2, -0.15) is 0 Å². The second kappa shape index (κ2) is 3.58. The van der Waals surface area contributed by atoms with Crippen LogP contribution in [0.1, 0.15) is 47.1 Å². The van der Waals surface area contributed by atoms with Gasteiger partial charge in [0.2, 0.25) is 0 Å². The predicted octanol–water partition coefficient (Wildman–Crippen LogP) is 1.60. The maximum absolute atomic E-state index is 11.0. The highest BCUT2D eigenvalue weighted by Crippen LogP contribution is 2.25. The summed E-state index contributed by atoms with van der Waals surface area (Å²) in [6.45, 7) is 6.05. The lowest BCUT2D eigenvalue weighted by molar-refractivity contribution is 0.112. The van der Waals surface area contributed by atoms with Gasteiger partial charge in [0.1, 0.15) is 0 Å². The Bertz CT molecular complexity index is 352. The van der Waals surface area contributed by atoms with E-state index in [-0.39, 0.29) is 0 Å². The summed E-state index contributed by atoms with van der Waals surface area (Å²) in [5, 5.41) is 3.29. The maximum Gasteiger partial charge on any atom is 0.152 e. The van der Waals surface area contributed by atoms with Gasteiger partial charge in [-0.15, -0.1) is 0 Å². The minimum Gasteiger partial charge on any atom is -0.361 e. The first-order chi connectivity index (χ1) is 6.74. The first-order valence-corrected chi connectivity index (χ1v) is 5.13. The minimum atomic E-state index is 0.390. The molecule has 0 radical (unpaired) electrons. The number of carbonyl (C=O) groups is 1. The van der Waals surface area contributed by atoms with Crippen LogP contribution in [-0.4, -0.2) is 17.8 Å². The molecule has 0 spiro atoms. The van der Waals surface area contributed by atoms with Gasteiger partial charge in [-0.1, -0.05) is 13.8 Å². The fourth-order valence-electron chi connectivity index (χ4n) is 2.06. The van der Waals surface area contributed by atoms with Gasteiger partial charge in [0.15, 0.2) is 6.29 Å². The van der Waals surface area contributed by atoms with Gasteiger partial charge in [-0.05, 0) is 11.5 Å². The van der Waals surface area contributed by atoms with E-state index in [9.17, 15) is 4.79 Å². The number of hydrogen-bond donors (Lipinski definition) is 2. The van der Waals surface area contributed by atoms with Gasteiger partial charge in [0, 0.05) is 36.5 Å². The Labute approximate surface area is 83.9 Å². The lowest BCUT2D eigenvalue weighted by Crippen LogP contribution is -2.23. The molecule has 0 aliphatic carbocycles. The average Bonchev–Trinajstić information content (AvgIpc) is 2.56. The minimum absolute atomic E-state index is 0.390. The summed E-state index contributed by atoms with van der Waals surface area (Å²) in [5.74, 6) is 0.390. The quantitative estimate of drug-likeness (QED) is 0.699. The number of fused-ring (bicyclic) bond motifs is 1. The monoisotopic (exact) mass is 192 g/mol. The number of aldehydes is 1. The molecule has 0 saturated carbocycles. The van der Waals surface area contributed by atoms with Gasteiger partial charge >= 0.3 is 0 Å². The highest BCUT2D eigenvalue weighted by Gasteiger charge is 2.20. The summed E-state index contributed by atoms with van der Waals surface area (Å²) in [6.07, 6.45) is 1.99. The van der Waals surface area contributed by atoms with Crippen molar-refractivity contribution in [3.8, 4) is 0 Å². The Morgan fingerprint density at radius 2 is 2.21 bits per heavy atom. The highest BCUT2D eigenvalue weighted by atomic mass is 16.1. The molecule has 0 unspecified atom stereocenters. The molecule has 2 rings (SSSR count). The van der Waals surface area contributed by atoms with Gasteiger partial charge in [0.25, 0.3) is 0 Å². The van der Waals surface area contributed by atoms with Crippen LogP contribution < -0.4 is 5.32 Å². The fraction of sp³-hybridized carbons (Fsp3) is 0.545. The van der Waals surface area contributed by atoms with Crippen LogP contribution >= 0.6 is 0 Å². The summed E-state index contributed by atoms with van der Waals surface area (Å²) in [6, 6.07) is 0. The van der Waals surface area contributed by atoms with Crippen LogP contribution in [0.2, 0.25) is 0 Å². The van der Waals surface area contributed by atoms with Crippen molar-refractivity contribution >= 4 is 6.29 Å². The van der Waals surface area contributed by atoms with E-state index in [1.165, 1.54) is 11.3 Å². The van der Waals surface area contributed by atoms with Crippen LogP contribution in [0.4, 0.5) is 0 Å². The molecule has 1 aromatic heterocycles. The molecule has 3 nitrogen and oxygen atoms in total. The van der Waals surface area contributed by atoms with Crippen molar-refractivity contribution in [3.63, 3.8) is 0 Å². The SMILES string of the molecule is CC(C)c1[nH]c2c(c1C=O)CNCC2. The Hall–Kier alpha value is -1.09. The molecule has 1 aliphatic heterocycles. The lowest BCUT2D eigenvalue weighted by atomic mass is 10.0. The number of nitrogens with one attached hydrogen (secondary N) is 2. The number of carbonyl (C=O) groups excluding carboxylic acids is 1. The standard InChI is InChI=1S/C11H16N2O/c1-7(2)11-9(6-14)8-5-12-4-3-10(8)13-11/h6-7,12-13H,3-5H2,1-2H3. The van der Waals surface area contributed by atoms with Gasteiger partial charge < -0.3 is 10.3 Å². The third-order valence-corrected chi connectivity index (χ3v) is 2.81. The summed E-state index contributed by atoms with van der Waals surface area (Å²) in [7, 11) is 0. The van der Waals surface area contributed by atoms with E-state index in [2.05, 4.69) is 24.1 Å². The zero-order chi connectivity index (χ0) is 10.1. The molecule has 14 heavy (non-hydrogen) atoms. The molecule has 76 valence electrons. The van der Waals surface area contributed by atoms with Crippen LogP contribution in [0.3, 0.4) is 0 Å². The maximum atomic E-state index is 11.0. The van der Waals surface area contributed by atoms with Crippen LogP contribution in [0.25, 0.3) is 0 Å². The summed E-state index contributed by atoms with van der Waals surface area (Å²) >= 11 is 0. The lowest BCUT2D eigenvalue weighted by Gasteiger charge is -2.12. The van der Waals surface area contributed by atoms with Crippen LogP contribution in [0.15, 0.2) is 0 Å². The second-order valence-electron chi connectivity index (χ2n) is 4.11. The van der Waals surface area contributed by atoms with Crippen molar-refractivity contribution in [2.75, 3.05) is 6.54 Å². The molecule has 2 heterocycles.